The van der Waals surface area contributed by atoms with Gasteiger partial charge in [-0.2, -0.15) is 0 Å². The molecule has 0 heterocycles. The van der Waals surface area contributed by atoms with Crippen molar-refractivity contribution in [1.82, 2.24) is 5.43 Å². The van der Waals surface area contributed by atoms with Crippen LogP contribution in [0.5, 0.6) is 0 Å². The zero-order valence-electron chi connectivity index (χ0n) is 9.08. The lowest BCUT2D eigenvalue weighted by Gasteiger charge is -2.24. The van der Waals surface area contributed by atoms with Gasteiger partial charge in [0, 0.05) is 0 Å². The van der Waals surface area contributed by atoms with Crippen LogP contribution in [0.2, 0.25) is 0 Å². The number of anilines is 2. The van der Waals surface area contributed by atoms with E-state index < -0.39 is 5.24 Å². The fourth-order valence-electron chi connectivity index (χ4n) is 1.53. The predicted molar refractivity (Wildman–Crippen MR) is 72.5 cm³/mol. The third-order valence-electron chi connectivity index (χ3n) is 2.24. The Labute approximate surface area is 105 Å². The molecule has 0 aliphatic carbocycles. The zero-order chi connectivity index (χ0) is 12.1. The number of hydrogen-bond donors (Lipinski definition) is 2. The molecule has 1 N–H and O–H groups in total. The minimum atomic E-state index is -0.405. The van der Waals surface area contributed by atoms with Gasteiger partial charge in [0.05, 0.1) is 11.4 Å². The van der Waals surface area contributed by atoms with Gasteiger partial charge in [0.1, 0.15) is 0 Å². The van der Waals surface area contributed by atoms with Gasteiger partial charge >= 0.3 is 0 Å². The second-order valence-electron chi connectivity index (χ2n) is 3.42. The van der Waals surface area contributed by atoms with Gasteiger partial charge in [0.25, 0.3) is 5.24 Å². The molecule has 0 bridgehead atoms. The number of carbonyl (C=O) groups excluding carboxylic acids is 1. The molecule has 17 heavy (non-hydrogen) atoms. The first-order valence-corrected chi connectivity index (χ1v) is 5.62. The molecule has 2 aromatic carbocycles. The summed E-state index contributed by atoms with van der Waals surface area (Å²) in [6.07, 6.45) is 0. The van der Waals surface area contributed by atoms with Crippen molar-refractivity contribution in [3.05, 3.63) is 60.7 Å². The van der Waals surface area contributed by atoms with Crippen LogP contribution >= 0.6 is 12.6 Å². The standard InChI is InChI=1S/C13H12N2OS/c16-13(17)14-15(11-7-3-1-4-8-11)12-9-5-2-6-10-12/h1-10H,(H2,14,16,17). The molecule has 0 aromatic heterocycles. The molecule has 0 aliphatic heterocycles. The number of nitrogens with zero attached hydrogens (tertiary/aromatic N) is 1. The van der Waals surface area contributed by atoms with Gasteiger partial charge < -0.3 is 0 Å². The Kier molecular flexibility index (Phi) is 3.67. The summed E-state index contributed by atoms with van der Waals surface area (Å²) in [6, 6.07) is 19.2. The molecule has 1 amide bonds. The Balaban J connectivity index is 2.36. The third kappa shape index (κ3) is 3.01. The Bertz CT molecular complexity index is 448. The fourth-order valence-corrected chi connectivity index (χ4v) is 1.63. The van der Waals surface area contributed by atoms with Crippen LogP contribution in [0.4, 0.5) is 16.2 Å². The highest BCUT2D eigenvalue weighted by Crippen LogP contribution is 2.22. The van der Waals surface area contributed by atoms with E-state index in [-0.39, 0.29) is 0 Å². The van der Waals surface area contributed by atoms with E-state index in [9.17, 15) is 4.79 Å². The van der Waals surface area contributed by atoms with Gasteiger partial charge in [-0.3, -0.25) is 15.2 Å². The van der Waals surface area contributed by atoms with Crippen LogP contribution in [0.1, 0.15) is 0 Å². The molecule has 0 saturated heterocycles. The Morgan fingerprint density at radius 2 is 1.29 bits per heavy atom. The zero-order valence-corrected chi connectivity index (χ0v) is 9.97. The third-order valence-corrected chi connectivity index (χ3v) is 2.34. The number of para-hydroxylation sites is 2. The molecule has 0 saturated carbocycles. The smallest absolute Gasteiger partial charge is 0.260 e. The normalized spacial score (nSPS) is 9.71. The van der Waals surface area contributed by atoms with E-state index in [1.165, 1.54) is 0 Å². The lowest BCUT2D eigenvalue weighted by atomic mass is 10.2. The maximum atomic E-state index is 11.1. The largest absolute Gasteiger partial charge is 0.294 e. The van der Waals surface area contributed by atoms with Gasteiger partial charge in [0.15, 0.2) is 0 Å². The van der Waals surface area contributed by atoms with Crippen molar-refractivity contribution in [2.75, 3.05) is 5.01 Å². The number of hydrazine groups is 1. The van der Waals surface area contributed by atoms with Crippen molar-refractivity contribution >= 4 is 29.2 Å². The summed E-state index contributed by atoms with van der Waals surface area (Å²) in [7, 11) is 0. The molecular formula is C13H12N2OS. The molecule has 86 valence electrons. The SMILES string of the molecule is O=C(S)NN(c1ccccc1)c1ccccc1. The van der Waals surface area contributed by atoms with E-state index in [1.807, 2.05) is 60.7 Å². The van der Waals surface area contributed by atoms with Crippen molar-refractivity contribution in [1.29, 1.82) is 0 Å². The van der Waals surface area contributed by atoms with Crippen molar-refractivity contribution in [2.24, 2.45) is 0 Å². The highest BCUT2D eigenvalue weighted by molar-refractivity contribution is 7.96. The number of benzene rings is 2. The van der Waals surface area contributed by atoms with E-state index in [0.29, 0.717) is 0 Å². The predicted octanol–water partition coefficient (Wildman–Crippen LogP) is 3.38. The topological polar surface area (TPSA) is 32.3 Å². The molecule has 0 atom stereocenters. The fraction of sp³-hybridized carbons (Fsp3) is 0. The van der Waals surface area contributed by atoms with Gasteiger partial charge in [-0.1, -0.05) is 49.0 Å². The van der Waals surface area contributed by atoms with Gasteiger partial charge in [-0.25, -0.2) is 0 Å². The maximum absolute atomic E-state index is 11.1. The van der Waals surface area contributed by atoms with Gasteiger partial charge in [-0.15, -0.1) is 0 Å². The van der Waals surface area contributed by atoms with Gasteiger partial charge in [0.2, 0.25) is 0 Å². The van der Waals surface area contributed by atoms with E-state index in [0.717, 1.165) is 11.4 Å². The summed E-state index contributed by atoms with van der Waals surface area (Å²) >= 11 is 3.75. The highest BCUT2D eigenvalue weighted by atomic mass is 32.1. The van der Waals surface area contributed by atoms with Crippen molar-refractivity contribution in [3.8, 4) is 0 Å². The van der Waals surface area contributed by atoms with Crippen molar-refractivity contribution in [3.63, 3.8) is 0 Å². The molecule has 0 radical (unpaired) electrons. The van der Waals surface area contributed by atoms with E-state index >= 15 is 0 Å². The molecule has 0 fully saturated rings. The van der Waals surface area contributed by atoms with Crippen LogP contribution in [0.3, 0.4) is 0 Å². The first-order chi connectivity index (χ1) is 8.27. The summed E-state index contributed by atoms with van der Waals surface area (Å²) in [6.45, 7) is 0. The minimum absolute atomic E-state index is 0.405. The van der Waals surface area contributed by atoms with Crippen LogP contribution in [-0.2, 0) is 0 Å². The van der Waals surface area contributed by atoms with Gasteiger partial charge in [-0.05, 0) is 24.3 Å². The molecule has 4 heteroatoms. The number of nitrogens with one attached hydrogen (secondary N) is 1. The Hall–Kier alpha value is -1.94. The average Bonchev–Trinajstić information content (AvgIpc) is 2.38. The summed E-state index contributed by atoms with van der Waals surface area (Å²) in [5.74, 6) is 0. The lowest BCUT2D eigenvalue weighted by Crippen LogP contribution is -2.35. The quantitative estimate of drug-likeness (QED) is 0.641. The number of carbonyl (C=O) groups is 1. The minimum Gasteiger partial charge on any atom is -0.260 e. The number of thiol groups is 1. The molecule has 0 spiro atoms. The molecular weight excluding hydrogens is 232 g/mol. The van der Waals surface area contributed by atoms with Crippen LogP contribution in [0, 0.1) is 0 Å². The van der Waals surface area contributed by atoms with Crippen molar-refractivity contribution < 1.29 is 4.79 Å². The summed E-state index contributed by atoms with van der Waals surface area (Å²) in [5, 5.41) is 1.28. The van der Waals surface area contributed by atoms with Crippen LogP contribution in [-0.4, -0.2) is 5.24 Å². The van der Waals surface area contributed by atoms with Crippen LogP contribution in [0.15, 0.2) is 60.7 Å². The Morgan fingerprint density at radius 3 is 1.65 bits per heavy atom. The maximum Gasteiger partial charge on any atom is 0.294 e. The summed E-state index contributed by atoms with van der Waals surface area (Å²) < 4.78 is 0. The summed E-state index contributed by atoms with van der Waals surface area (Å²) in [4.78, 5) is 11.1. The Morgan fingerprint density at radius 1 is 0.882 bits per heavy atom. The first kappa shape index (κ1) is 11.5. The molecule has 0 aliphatic rings. The molecule has 3 nitrogen and oxygen atoms in total. The molecule has 2 rings (SSSR count). The summed E-state index contributed by atoms with van der Waals surface area (Å²) in [5.41, 5.74) is 4.42. The molecule has 0 unspecified atom stereocenters. The van der Waals surface area contributed by atoms with E-state index in [1.54, 1.807) is 5.01 Å². The first-order valence-electron chi connectivity index (χ1n) is 5.17. The number of amides is 1. The molecule has 2 aromatic rings. The second-order valence-corrected chi connectivity index (χ2v) is 3.83. The average molecular weight is 244 g/mol. The number of rotatable bonds is 3. The second kappa shape index (κ2) is 5.41. The van der Waals surface area contributed by atoms with E-state index in [4.69, 9.17) is 0 Å². The van der Waals surface area contributed by atoms with Crippen LogP contribution in [0.25, 0.3) is 0 Å². The number of hydrogen-bond acceptors (Lipinski definition) is 2. The monoisotopic (exact) mass is 244 g/mol. The van der Waals surface area contributed by atoms with Crippen LogP contribution < -0.4 is 10.4 Å². The van der Waals surface area contributed by atoms with E-state index in [2.05, 4.69) is 18.1 Å². The lowest BCUT2D eigenvalue weighted by molar-refractivity contribution is 0.261. The highest BCUT2D eigenvalue weighted by Gasteiger charge is 2.09. The van der Waals surface area contributed by atoms with Crippen molar-refractivity contribution in [2.45, 2.75) is 0 Å².